The monoisotopic (exact) mass is 288 g/mol. The van der Waals surface area contributed by atoms with Crippen molar-refractivity contribution in [2.45, 2.75) is 0 Å². The summed E-state index contributed by atoms with van der Waals surface area (Å²) in [6.45, 7) is 2.58. The van der Waals surface area contributed by atoms with Crippen LogP contribution in [-0.4, -0.2) is 41.1 Å². The quantitative estimate of drug-likeness (QED) is 0.593. The summed E-state index contributed by atoms with van der Waals surface area (Å²) in [5.74, 6) is 0.638. The van der Waals surface area contributed by atoms with Gasteiger partial charge in [-0.05, 0) is 12.1 Å². The van der Waals surface area contributed by atoms with Crippen molar-refractivity contribution < 1.29 is 9.94 Å². The zero-order valence-electron chi connectivity index (χ0n) is 11.7. The smallest absolute Gasteiger partial charge is 0.299 e. The molecule has 110 valence electrons. The molecule has 2 heterocycles. The summed E-state index contributed by atoms with van der Waals surface area (Å²) in [4.78, 5) is 18.6. The van der Waals surface area contributed by atoms with Gasteiger partial charge in [-0.25, -0.2) is 4.98 Å². The highest BCUT2D eigenvalue weighted by Crippen LogP contribution is 2.22. The van der Waals surface area contributed by atoms with Gasteiger partial charge in [-0.3, -0.25) is 4.79 Å². The Bertz CT molecular complexity index is 794. The van der Waals surface area contributed by atoms with E-state index in [1.165, 1.54) is 4.57 Å². The lowest BCUT2D eigenvalue weighted by molar-refractivity contribution is 0.122. The number of aromatic nitrogens is 2. The molecule has 0 saturated carbocycles. The molecule has 1 N–H and O–H groups in total. The van der Waals surface area contributed by atoms with E-state index in [0.717, 1.165) is 10.9 Å². The topological polar surface area (TPSA) is 80.0 Å². The fraction of sp³-hybridized carbons (Fsp3) is 0.357. The first-order valence-electron chi connectivity index (χ1n) is 6.73. The second-order valence-corrected chi connectivity index (χ2v) is 4.84. The zero-order valence-corrected chi connectivity index (χ0v) is 11.7. The van der Waals surface area contributed by atoms with E-state index in [2.05, 4.69) is 10.1 Å². The Morgan fingerprint density at radius 1 is 1.29 bits per heavy atom. The Balaban J connectivity index is 2.40. The van der Waals surface area contributed by atoms with Crippen molar-refractivity contribution in [1.29, 1.82) is 0 Å². The molecule has 1 aromatic carbocycles. The van der Waals surface area contributed by atoms with Crippen molar-refractivity contribution in [3.05, 3.63) is 40.1 Å². The molecule has 21 heavy (non-hydrogen) atoms. The Labute approximate surface area is 120 Å². The molecule has 0 spiro atoms. The Morgan fingerprint density at radius 3 is 2.71 bits per heavy atom. The van der Waals surface area contributed by atoms with E-state index >= 15 is 0 Å². The van der Waals surface area contributed by atoms with Crippen LogP contribution in [0.2, 0.25) is 0 Å². The Hall–Kier alpha value is -2.41. The van der Waals surface area contributed by atoms with Crippen LogP contribution < -0.4 is 15.9 Å². The number of rotatable bonds is 1. The number of benzene rings is 1. The number of hydrogen-bond acceptors (Lipinski definition) is 6. The maximum atomic E-state index is 12.3. The van der Waals surface area contributed by atoms with Crippen molar-refractivity contribution in [3.8, 4) is 0 Å². The fourth-order valence-corrected chi connectivity index (χ4v) is 2.50. The molecule has 3 rings (SSSR count). The van der Waals surface area contributed by atoms with Crippen LogP contribution in [0.5, 0.6) is 0 Å². The van der Waals surface area contributed by atoms with Crippen LogP contribution in [0.4, 0.5) is 5.82 Å². The van der Waals surface area contributed by atoms with Crippen molar-refractivity contribution in [2.24, 2.45) is 12.2 Å². The fourth-order valence-electron chi connectivity index (χ4n) is 2.50. The summed E-state index contributed by atoms with van der Waals surface area (Å²) in [5, 5.41) is 13.0. The first kappa shape index (κ1) is 13.6. The second-order valence-electron chi connectivity index (χ2n) is 4.84. The van der Waals surface area contributed by atoms with Crippen molar-refractivity contribution in [1.82, 2.24) is 9.55 Å². The molecule has 1 aromatic heterocycles. The molecule has 0 unspecified atom stereocenters. The van der Waals surface area contributed by atoms with Crippen LogP contribution in [-0.2, 0) is 11.8 Å². The molecule has 7 nitrogen and oxygen atoms in total. The van der Waals surface area contributed by atoms with Gasteiger partial charge in [0.1, 0.15) is 5.82 Å². The Kier molecular flexibility index (Phi) is 3.57. The number of nitrogens with zero attached hydrogens (tertiary/aromatic N) is 4. The van der Waals surface area contributed by atoms with Gasteiger partial charge in [-0.15, -0.1) is 0 Å². The zero-order chi connectivity index (χ0) is 14.8. The number of aryl methyl sites for hydroxylation is 1. The molecule has 2 aromatic rings. The summed E-state index contributed by atoms with van der Waals surface area (Å²) in [6, 6.07) is 7.52. The average Bonchev–Trinajstić information content (AvgIpc) is 2.65. The molecule has 0 bridgehead atoms. The van der Waals surface area contributed by atoms with Gasteiger partial charge in [-0.2, -0.15) is 0 Å². The third kappa shape index (κ3) is 2.36. The van der Waals surface area contributed by atoms with Gasteiger partial charge in [0.2, 0.25) is 0 Å². The van der Waals surface area contributed by atoms with Crippen LogP contribution in [0.1, 0.15) is 0 Å². The molecule has 7 heteroatoms. The molecular weight excluding hydrogens is 272 g/mol. The summed E-state index contributed by atoms with van der Waals surface area (Å²) in [6.07, 6.45) is 0. The van der Waals surface area contributed by atoms with Gasteiger partial charge in [-0.1, -0.05) is 17.3 Å². The highest BCUT2D eigenvalue weighted by Gasteiger charge is 2.16. The molecule has 0 aliphatic carbocycles. The van der Waals surface area contributed by atoms with Crippen LogP contribution >= 0.6 is 0 Å². The lowest BCUT2D eigenvalue weighted by atomic mass is 10.2. The van der Waals surface area contributed by atoms with Gasteiger partial charge in [0.25, 0.3) is 11.0 Å². The maximum Gasteiger partial charge on any atom is 0.299 e. The standard InChI is InChI=1S/C14H16N4O3/c1-17-11-5-3-2-4-10(11)13(15-12(16-20)14(17)19)18-6-8-21-9-7-18/h2-5,20H,6-9H2,1H3/b16-12+. The normalized spacial score (nSPS) is 16.4. The minimum Gasteiger partial charge on any atom is -0.409 e. The SMILES string of the molecule is Cn1c(=O)/c(=N\O)nc(N2CCOCC2)c2ccccc21. The highest BCUT2D eigenvalue weighted by molar-refractivity contribution is 5.89. The molecular formula is C14H16N4O3. The van der Waals surface area contributed by atoms with Crippen molar-refractivity contribution >= 4 is 16.7 Å². The van der Waals surface area contributed by atoms with Crippen LogP contribution in [0.15, 0.2) is 34.2 Å². The summed E-state index contributed by atoms with van der Waals surface area (Å²) >= 11 is 0. The van der Waals surface area contributed by atoms with Gasteiger partial charge in [0.05, 0.1) is 18.7 Å². The maximum absolute atomic E-state index is 12.3. The van der Waals surface area contributed by atoms with Gasteiger partial charge in [0.15, 0.2) is 0 Å². The molecule has 0 amide bonds. The van der Waals surface area contributed by atoms with E-state index in [1.807, 2.05) is 29.2 Å². The molecule has 1 saturated heterocycles. The van der Waals surface area contributed by atoms with E-state index in [0.29, 0.717) is 32.1 Å². The first-order valence-corrected chi connectivity index (χ1v) is 6.73. The van der Waals surface area contributed by atoms with E-state index in [-0.39, 0.29) is 5.49 Å². The van der Waals surface area contributed by atoms with E-state index in [9.17, 15) is 4.79 Å². The lowest BCUT2D eigenvalue weighted by Gasteiger charge is -2.27. The van der Waals surface area contributed by atoms with Gasteiger partial charge >= 0.3 is 0 Å². The minimum absolute atomic E-state index is 0.213. The molecule has 0 radical (unpaired) electrons. The minimum atomic E-state index is -0.437. The summed E-state index contributed by atoms with van der Waals surface area (Å²) in [7, 11) is 1.64. The van der Waals surface area contributed by atoms with Crippen molar-refractivity contribution in [2.75, 3.05) is 31.2 Å². The summed E-state index contributed by atoms with van der Waals surface area (Å²) in [5.41, 5.74) is 0.0924. The van der Waals surface area contributed by atoms with E-state index in [4.69, 9.17) is 9.94 Å². The molecule has 1 aliphatic rings. The third-order valence-electron chi connectivity index (χ3n) is 3.62. The second kappa shape index (κ2) is 5.53. The first-order chi connectivity index (χ1) is 10.2. The number of morpholine rings is 1. The van der Waals surface area contributed by atoms with Crippen molar-refractivity contribution in [3.63, 3.8) is 0 Å². The van der Waals surface area contributed by atoms with E-state index < -0.39 is 5.56 Å². The number of para-hydroxylation sites is 1. The average molecular weight is 288 g/mol. The number of fused-ring (bicyclic) bond motifs is 1. The van der Waals surface area contributed by atoms with Crippen LogP contribution in [0.25, 0.3) is 10.9 Å². The van der Waals surface area contributed by atoms with Gasteiger partial charge < -0.3 is 19.4 Å². The predicted molar refractivity (Wildman–Crippen MR) is 77.4 cm³/mol. The Morgan fingerprint density at radius 2 is 2.00 bits per heavy atom. The predicted octanol–water partition coefficient (Wildman–Crippen LogP) is 0.0600. The number of ether oxygens (including phenoxy) is 1. The van der Waals surface area contributed by atoms with Crippen LogP contribution in [0.3, 0.4) is 0 Å². The van der Waals surface area contributed by atoms with Gasteiger partial charge in [0, 0.05) is 25.5 Å². The highest BCUT2D eigenvalue weighted by atomic mass is 16.5. The third-order valence-corrected chi connectivity index (χ3v) is 3.62. The molecule has 1 aliphatic heterocycles. The molecule has 0 atom stereocenters. The lowest BCUT2D eigenvalue weighted by Crippen LogP contribution is -2.38. The van der Waals surface area contributed by atoms with Crippen LogP contribution in [0, 0.1) is 0 Å². The summed E-state index contributed by atoms with van der Waals surface area (Å²) < 4.78 is 6.80. The van der Waals surface area contributed by atoms with E-state index in [1.54, 1.807) is 7.05 Å². The molecule has 1 fully saturated rings. The largest absolute Gasteiger partial charge is 0.409 e. The number of hydrogen-bond donors (Lipinski definition) is 1. The number of anilines is 1.